The third-order valence-corrected chi connectivity index (χ3v) is 16.7. The number of hydrogen-bond donors (Lipinski definition) is 1. The van der Waals surface area contributed by atoms with E-state index in [1.165, 1.54) is 69.9 Å². The van der Waals surface area contributed by atoms with Gasteiger partial charge in [-0.3, -0.25) is 14.5 Å². The first-order chi connectivity index (χ1) is 22.4. The summed E-state index contributed by atoms with van der Waals surface area (Å²) in [4.78, 5) is 27.3. The summed E-state index contributed by atoms with van der Waals surface area (Å²) in [6.07, 6.45) is 14.0. The van der Waals surface area contributed by atoms with Crippen LogP contribution in [0.25, 0.3) is 0 Å². The molecule has 1 saturated heterocycles. The molecule has 0 aromatic rings. The van der Waals surface area contributed by atoms with Crippen LogP contribution in [0.4, 0.5) is 0 Å². The Morgan fingerprint density at radius 1 is 0.875 bits per heavy atom. The van der Waals surface area contributed by atoms with Crippen LogP contribution in [0.5, 0.6) is 0 Å². The molecule has 0 aromatic heterocycles. The molecule has 0 bridgehead atoms. The van der Waals surface area contributed by atoms with Gasteiger partial charge in [0, 0.05) is 18.5 Å². The molecular formula is C42H69NO5. The molecule has 10 atom stereocenters. The first-order valence-corrected chi connectivity index (χ1v) is 19.8. The maximum Gasteiger partial charge on any atom is 0.306 e. The molecule has 6 fully saturated rings. The van der Waals surface area contributed by atoms with Gasteiger partial charge in [0.05, 0.1) is 26.1 Å². The second-order valence-corrected chi connectivity index (χ2v) is 20.0. The second-order valence-electron chi connectivity index (χ2n) is 20.0. The Morgan fingerprint density at radius 2 is 1.58 bits per heavy atom. The lowest BCUT2D eigenvalue weighted by molar-refractivity contribution is -0.250. The number of aliphatic carboxylic acids is 1. The Balaban J connectivity index is 1.22. The summed E-state index contributed by atoms with van der Waals surface area (Å²) in [6.45, 7) is 28.7. The molecule has 1 unspecified atom stereocenters. The van der Waals surface area contributed by atoms with Gasteiger partial charge in [-0.1, -0.05) is 60.6 Å². The zero-order valence-corrected chi connectivity index (χ0v) is 31.9. The molecule has 6 heteroatoms. The van der Waals surface area contributed by atoms with Gasteiger partial charge >= 0.3 is 11.9 Å². The normalized spacial score (nSPS) is 44.1. The predicted octanol–water partition coefficient (Wildman–Crippen LogP) is 9.17. The van der Waals surface area contributed by atoms with Crippen molar-refractivity contribution in [3.05, 3.63) is 12.2 Å². The smallest absolute Gasteiger partial charge is 0.306 e. The highest BCUT2D eigenvalue weighted by Gasteiger charge is 2.71. The lowest BCUT2D eigenvalue weighted by Crippen LogP contribution is -2.66. The highest BCUT2D eigenvalue weighted by Crippen LogP contribution is 2.78. The molecule has 5 aliphatic carbocycles. The fourth-order valence-corrected chi connectivity index (χ4v) is 14.2. The van der Waals surface area contributed by atoms with Crippen molar-refractivity contribution in [1.82, 2.24) is 4.90 Å². The van der Waals surface area contributed by atoms with Crippen LogP contribution in [0.1, 0.15) is 139 Å². The van der Waals surface area contributed by atoms with Gasteiger partial charge in [-0.05, 0) is 141 Å². The monoisotopic (exact) mass is 668 g/mol. The molecule has 48 heavy (non-hydrogen) atoms. The van der Waals surface area contributed by atoms with Crippen LogP contribution in [0.15, 0.2) is 12.2 Å². The van der Waals surface area contributed by atoms with Gasteiger partial charge in [-0.2, -0.15) is 0 Å². The van der Waals surface area contributed by atoms with E-state index in [-0.39, 0.29) is 35.7 Å². The van der Waals surface area contributed by atoms with Crippen molar-refractivity contribution >= 4 is 11.9 Å². The first-order valence-electron chi connectivity index (χ1n) is 19.8. The molecule has 0 spiro atoms. The number of carbonyl (C=O) groups excluding carboxylic acids is 1. The van der Waals surface area contributed by atoms with E-state index in [0.717, 1.165) is 51.0 Å². The first kappa shape index (κ1) is 36.4. The van der Waals surface area contributed by atoms with Gasteiger partial charge in [-0.15, -0.1) is 0 Å². The van der Waals surface area contributed by atoms with Crippen molar-refractivity contribution in [1.29, 1.82) is 0 Å². The minimum atomic E-state index is -0.866. The summed E-state index contributed by atoms with van der Waals surface area (Å²) in [5.41, 5.74) is 2.03. The van der Waals surface area contributed by atoms with Crippen LogP contribution in [0.2, 0.25) is 0 Å². The molecule has 0 radical (unpaired) electrons. The van der Waals surface area contributed by atoms with E-state index in [4.69, 9.17) is 9.47 Å². The summed E-state index contributed by atoms with van der Waals surface area (Å²) < 4.78 is 12.0. The Kier molecular flexibility index (Phi) is 9.61. The fraction of sp³-hybridized carbons (Fsp3) is 0.905. The summed E-state index contributed by atoms with van der Waals surface area (Å²) in [6, 6.07) is 0. The molecule has 1 N–H and O–H groups in total. The molecular weight excluding hydrogens is 598 g/mol. The predicted molar refractivity (Wildman–Crippen MR) is 191 cm³/mol. The van der Waals surface area contributed by atoms with E-state index < -0.39 is 11.4 Å². The van der Waals surface area contributed by atoms with Crippen LogP contribution in [-0.2, 0) is 19.1 Å². The molecule has 0 aromatic carbocycles. The number of carboxylic acids is 1. The van der Waals surface area contributed by atoms with Gasteiger partial charge in [0.2, 0.25) is 0 Å². The molecule has 6 rings (SSSR count). The largest absolute Gasteiger partial charge is 0.481 e. The zero-order valence-electron chi connectivity index (χ0n) is 31.9. The van der Waals surface area contributed by atoms with Crippen LogP contribution >= 0.6 is 0 Å². The van der Waals surface area contributed by atoms with Crippen LogP contribution in [0, 0.1) is 62.1 Å². The van der Waals surface area contributed by atoms with Crippen LogP contribution in [-0.4, -0.2) is 60.9 Å². The Hall–Kier alpha value is -1.40. The number of hydrogen-bond acceptors (Lipinski definition) is 5. The number of morpholine rings is 1. The topological polar surface area (TPSA) is 76.1 Å². The van der Waals surface area contributed by atoms with Crippen molar-refractivity contribution in [3.8, 4) is 0 Å². The SMILES string of the molecule is C=C(C)[C@@H]1CC[C@]2(CCN3CCOCC3)CC[C@]3(C)[C@H](CC[C@@H]4[C@@]5(C)CCC(OC(=O)CC(C)(C)CC(=O)O)C(C)(C)[C@@H]5CC[C@]43C)[C@@H]12. The molecule has 272 valence electrons. The quantitative estimate of drug-likeness (QED) is 0.195. The highest BCUT2D eigenvalue weighted by atomic mass is 16.5. The lowest BCUT2D eigenvalue weighted by atomic mass is 9.32. The average Bonchev–Trinajstić information content (AvgIpc) is 3.38. The number of carbonyl (C=O) groups is 2. The van der Waals surface area contributed by atoms with E-state index in [1.807, 2.05) is 13.8 Å². The van der Waals surface area contributed by atoms with E-state index in [0.29, 0.717) is 34.0 Å². The standard InChI is InChI=1S/C42H69NO5/c1-28(2)29-12-17-42(20-21-43-22-24-47-25-23-43)19-18-40(8)30(36(29)42)10-11-32-39(7)15-14-33(38(5,6)31(39)13-16-41(32,40)9)48-35(46)27-37(3,4)26-34(44)45/h29-33,36H,1,10-27H2,2-9H3,(H,44,45)/t29-,30+,31-,32+,33?,36+,39-,40+,41+,42+/m0/s1. The van der Waals surface area contributed by atoms with Crippen molar-refractivity contribution in [2.75, 3.05) is 32.8 Å². The average molecular weight is 668 g/mol. The molecule has 6 aliphatic rings. The summed E-state index contributed by atoms with van der Waals surface area (Å²) in [5, 5.41) is 9.34. The van der Waals surface area contributed by atoms with Crippen LogP contribution < -0.4 is 0 Å². The minimum absolute atomic E-state index is 0.0279. The van der Waals surface area contributed by atoms with Crippen molar-refractivity contribution in [2.45, 2.75) is 145 Å². The second kappa shape index (κ2) is 12.7. The van der Waals surface area contributed by atoms with Crippen LogP contribution in [0.3, 0.4) is 0 Å². The maximum atomic E-state index is 13.2. The third-order valence-electron chi connectivity index (χ3n) is 16.7. The number of rotatable bonds is 9. The maximum absolute atomic E-state index is 13.2. The molecule has 1 heterocycles. The number of ether oxygens (including phenoxy) is 2. The third kappa shape index (κ3) is 5.93. The summed E-state index contributed by atoms with van der Waals surface area (Å²) in [7, 11) is 0. The Labute approximate surface area is 292 Å². The zero-order chi connectivity index (χ0) is 34.9. The highest BCUT2D eigenvalue weighted by molar-refractivity contribution is 5.73. The van der Waals surface area contributed by atoms with Crippen molar-refractivity contribution in [3.63, 3.8) is 0 Å². The number of carboxylic acid groups (broad SMARTS) is 1. The number of fused-ring (bicyclic) bond motifs is 7. The molecule has 5 saturated carbocycles. The summed E-state index contributed by atoms with van der Waals surface area (Å²) in [5.74, 6) is 2.27. The molecule has 0 amide bonds. The van der Waals surface area contributed by atoms with Crippen molar-refractivity contribution in [2.24, 2.45) is 62.1 Å². The van der Waals surface area contributed by atoms with Gasteiger partial charge in [0.15, 0.2) is 0 Å². The number of esters is 1. The fourth-order valence-electron chi connectivity index (χ4n) is 14.2. The molecule has 6 nitrogen and oxygen atoms in total. The van der Waals surface area contributed by atoms with Gasteiger partial charge in [0.25, 0.3) is 0 Å². The van der Waals surface area contributed by atoms with E-state index in [2.05, 4.69) is 53.0 Å². The Morgan fingerprint density at radius 3 is 2.25 bits per heavy atom. The van der Waals surface area contributed by atoms with Gasteiger partial charge in [0.1, 0.15) is 6.10 Å². The van der Waals surface area contributed by atoms with Gasteiger partial charge in [-0.25, -0.2) is 0 Å². The molecule has 1 aliphatic heterocycles. The van der Waals surface area contributed by atoms with Gasteiger partial charge < -0.3 is 14.6 Å². The van der Waals surface area contributed by atoms with Crippen molar-refractivity contribution < 1.29 is 24.2 Å². The van der Waals surface area contributed by atoms with E-state index in [9.17, 15) is 14.7 Å². The Bertz CT molecular complexity index is 1250. The number of nitrogens with zero attached hydrogens (tertiary/aromatic N) is 1. The lowest BCUT2D eigenvalue weighted by Gasteiger charge is -2.73. The number of allylic oxidation sites excluding steroid dienone is 1. The van der Waals surface area contributed by atoms with E-state index in [1.54, 1.807) is 0 Å². The van der Waals surface area contributed by atoms with E-state index >= 15 is 0 Å². The summed E-state index contributed by atoms with van der Waals surface area (Å²) >= 11 is 0. The minimum Gasteiger partial charge on any atom is -0.481 e.